The van der Waals surface area contributed by atoms with Gasteiger partial charge in [0.25, 0.3) is 5.56 Å². The number of hydrogen-bond donors (Lipinski definition) is 1. The zero-order valence-electron chi connectivity index (χ0n) is 12.7. The van der Waals surface area contributed by atoms with Crippen LogP contribution in [0.15, 0.2) is 38.8 Å². The second kappa shape index (κ2) is 4.92. The van der Waals surface area contributed by atoms with Crippen molar-refractivity contribution in [1.29, 1.82) is 0 Å². The first-order chi connectivity index (χ1) is 10.7. The maximum absolute atomic E-state index is 12.2. The van der Waals surface area contributed by atoms with Crippen LogP contribution in [0.3, 0.4) is 0 Å². The van der Waals surface area contributed by atoms with Gasteiger partial charge in [-0.15, -0.1) is 0 Å². The topological polar surface area (TPSA) is 107 Å². The van der Waals surface area contributed by atoms with Crippen molar-refractivity contribution in [3.8, 4) is 11.4 Å². The quantitative estimate of drug-likeness (QED) is 0.711. The molecule has 2 heterocycles. The number of H-pyrrole nitrogens is 1. The maximum Gasteiger partial charge on any atom is 0.332 e. The number of benzene rings is 1. The summed E-state index contributed by atoms with van der Waals surface area (Å²) in [5, 5.41) is 0. The van der Waals surface area contributed by atoms with Crippen LogP contribution in [-0.2, 0) is 23.9 Å². The molecule has 0 bridgehead atoms. The van der Waals surface area contributed by atoms with Gasteiger partial charge in [-0.2, -0.15) is 0 Å². The molecule has 1 N–H and O–H groups in total. The van der Waals surface area contributed by atoms with E-state index >= 15 is 0 Å². The smallest absolute Gasteiger partial charge is 0.332 e. The van der Waals surface area contributed by atoms with Crippen molar-refractivity contribution >= 4 is 21.0 Å². The molecule has 0 aliphatic rings. The summed E-state index contributed by atoms with van der Waals surface area (Å²) < 4.78 is 25.6. The van der Waals surface area contributed by atoms with E-state index in [4.69, 9.17) is 0 Å². The van der Waals surface area contributed by atoms with Crippen LogP contribution in [0, 0.1) is 0 Å². The molecule has 3 rings (SSSR count). The van der Waals surface area contributed by atoms with Crippen LogP contribution >= 0.6 is 0 Å². The number of nitrogens with zero attached hydrogens (tertiary/aromatic N) is 3. The molecule has 0 saturated heterocycles. The highest BCUT2D eigenvalue weighted by molar-refractivity contribution is 7.90. The molecular weight excluding hydrogens is 320 g/mol. The molecule has 0 fully saturated rings. The predicted molar refractivity (Wildman–Crippen MR) is 85.1 cm³/mol. The van der Waals surface area contributed by atoms with Gasteiger partial charge < -0.3 is 4.98 Å². The Labute approximate surface area is 131 Å². The summed E-state index contributed by atoms with van der Waals surface area (Å²) in [6.07, 6.45) is 1.12. The molecule has 8 nitrogen and oxygen atoms in total. The van der Waals surface area contributed by atoms with Crippen molar-refractivity contribution in [2.75, 3.05) is 6.26 Å². The van der Waals surface area contributed by atoms with E-state index in [1.165, 1.54) is 30.8 Å². The number of imidazole rings is 1. The first-order valence-electron chi connectivity index (χ1n) is 6.66. The summed E-state index contributed by atoms with van der Waals surface area (Å²) in [5.74, 6) is 0.323. The van der Waals surface area contributed by atoms with Crippen LogP contribution in [0.4, 0.5) is 0 Å². The molecule has 0 unspecified atom stereocenters. The van der Waals surface area contributed by atoms with Crippen molar-refractivity contribution in [1.82, 2.24) is 19.1 Å². The van der Waals surface area contributed by atoms with E-state index in [0.29, 0.717) is 11.4 Å². The lowest BCUT2D eigenvalue weighted by atomic mass is 10.2. The van der Waals surface area contributed by atoms with Crippen molar-refractivity contribution < 1.29 is 8.42 Å². The van der Waals surface area contributed by atoms with E-state index in [-0.39, 0.29) is 16.1 Å². The normalized spacial score (nSPS) is 12.0. The molecule has 3 aromatic rings. The highest BCUT2D eigenvalue weighted by atomic mass is 32.2. The summed E-state index contributed by atoms with van der Waals surface area (Å²) in [7, 11) is -0.457. The van der Waals surface area contributed by atoms with Crippen molar-refractivity contribution in [2.24, 2.45) is 14.1 Å². The summed E-state index contributed by atoms with van der Waals surface area (Å²) in [6.45, 7) is 0. The minimum atomic E-state index is -3.36. The standard InChI is InChI=1S/C14H14N4O4S/c1-17-12-10(13(19)18(2)14(17)20)15-11(16-12)8-5-4-6-9(7-8)23(3,21)22/h4-7H,1-3H3,(H,15,16). The maximum atomic E-state index is 12.2. The molecule has 0 aliphatic carbocycles. The molecule has 9 heteroatoms. The van der Waals surface area contributed by atoms with E-state index < -0.39 is 21.1 Å². The van der Waals surface area contributed by atoms with Crippen LogP contribution in [0.1, 0.15) is 0 Å². The van der Waals surface area contributed by atoms with Crippen LogP contribution in [0.2, 0.25) is 0 Å². The fraction of sp³-hybridized carbons (Fsp3) is 0.214. The van der Waals surface area contributed by atoms with Crippen LogP contribution in [0.5, 0.6) is 0 Å². The van der Waals surface area contributed by atoms with Gasteiger partial charge in [-0.1, -0.05) is 12.1 Å². The van der Waals surface area contributed by atoms with Crippen molar-refractivity contribution in [2.45, 2.75) is 4.90 Å². The third-order valence-corrected chi connectivity index (χ3v) is 4.74. The fourth-order valence-corrected chi connectivity index (χ4v) is 3.00. The largest absolute Gasteiger partial charge is 0.332 e. The number of aryl methyl sites for hydroxylation is 1. The molecule has 0 saturated carbocycles. The Morgan fingerprint density at radius 1 is 1.13 bits per heavy atom. The molecule has 0 aliphatic heterocycles. The lowest BCUT2D eigenvalue weighted by Crippen LogP contribution is -2.36. The molecule has 120 valence electrons. The molecule has 0 atom stereocenters. The Balaban J connectivity index is 2.31. The van der Waals surface area contributed by atoms with Gasteiger partial charge in [0.1, 0.15) is 11.3 Å². The highest BCUT2D eigenvalue weighted by Gasteiger charge is 2.15. The Bertz CT molecular complexity index is 1150. The first kappa shape index (κ1) is 15.2. The van der Waals surface area contributed by atoms with E-state index in [0.717, 1.165) is 10.8 Å². The average Bonchev–Trinajstić information content (AvgIpc) is 2.95. The van der Waals surface area contributed by atoms with E-state index in [2.05, 4.69) is 9.97 Å². The predicted octanol–water partition coefficient (Wildman–Crippen LogP) is 0.0308. The van der Waals surface area contributed by atoms with Gasteiger partial charge in [-0.05, 0) is 12.1 Å². The molecule has 0 radical (unpaired) electrons. The SMILES string of the molecule is Cn1c(=O)c2[nH]c(-c3cccc(S(C)(=O)=O)c3)nc2n(C)c1=O. The van der Waals surface area contributed by atoms with Crippen molar-refractivity contribution in [3.05, 3.63) is 45.1 Å². The Morgan fingerprint density at radius 3 is 2.48 bits per heavy atom. The molecule has 0 spiro atoms. The number of aromatic nitrogens is 4. The minimum Gasteiger partial charge on any atom is -0.332 e. The zero-order chi connectivity index (χ0) is 16.9. The third-order valence-electron chi connectivity index (χ3n) is 3.63. The fourth-order valence-electron chi connectivity index (χ4n) is 2.34. The van der Waals surface area contributed by atoms with E-state index in [9.17, 15) is 18.0 Å². The summed E-state index contributed by atoms with van der Waals surface area (Å²) in [4.78, 5) is 31.4. The molecule has 1 aromatic carbocycles. The van der Waals surface area contributed by atoms with Crippen LogP contribution in [0.25, 0.3) is 22.6 Å². The summed E-state index contributed by atoms with van der Waals surface area (Å²) in [6, 6.07) is 6.22. The van der Waals surface area contributed by atoms with Gasteiger partial charge in [0.05, 0.1) is 4.90 Å². The van der Waals surface area contributed by atoms with Crippen LogP contribution < -0.4 is 11.2 Å². The van der Waals surface area contributed by atoms with Gasteiger partial charge >= 0.3 is 5.69 Å². The number of hydrogen-bond acceptors (Lipinski definition) is 5. The van der Waals surface area contributed by atoms with Gasteiger partial charge in [0.15, 0.2) is 15.5 Å². The summed E-state index contributed by atoms with van der Waals surface area (Å²) in [5.41, 5.74) is -0.0441. The minimum absolute atomic E-state index is 0.150. The van der Waals surface area contributed by atoms with Gasteiger partial charge in [0, 0.05) is 25.9 Å². The zero-order valence-corrected chi connectivity index (χ0v) is 13.5. The molecular formula is C14H14N4O4S. The monoisotopic (exact) mass is 334 g/mol. The Morgan fingerprint density at radius 2 is 1.83 bits per heavy atom. The number of fused-ring (bicyclic) bond motifs is 1. The van der Waals surface area contributed by atoms with Gasteiger partial charge in [0.2, 0.25) is 0 Å². The number of aromatic amines is 1. The lowest BCUT2D eigenvalue weighted by Gasteiger charge is -2.01. The van der Waals surface area contributed by atoms with Crippen LogP contribution in [-0.4, -0.2) is 33.8 Å². The van der Waals surface area contributed by atoms with E-state index in [1.807, 2.05) is 0 Å². The number of nitrogens with one attached hydrogen (secondary N) is 1. The lowest BCUT2D eigenvalue weighted by molar-refractivity contribution is 0.602. The molecule has 23 heavy (non-hydrogen) atoms. The van der Waals surface area contributed by atoms with E-state index in [1.54, 1.807) is 12.1 Å². The summed E-state index contributed by atoms with van der Waals surface area (Å²) >= 11 is 0. The Kier molecular flexibility index (Phi) is 3.25. The third kappa shape index (κ3) is 2.38. The second-order valence-corrected chi connectivity index (χ2v) is 7.31. The number of sulfone groups is 1. The Hall–Kier alpha value is -2.68. The second-order valence-electron chi connectivity index (χ2n) is 5.29. The average molecular weight is 334 g/mol. The molecule has 2 aromatic heterocycles. The highest BCUT2D eigenvalue weighted by Crippen LogP contribution is 2.21. The molecule has 0 amide bonds. The first-order valence-corrected chi connectivity index (χ1v) is 8.55. The van der Waals surface area contributed by atoms with Gasteiger partial charge in [-0.3, -0.25) is 13.9 Å². The van der Waals surface area contributed by atoms with Crippen molar-refractivity contribution in [3.63, 3.8) is 0 Å². The van der Waals surface area contributed by atoms with Gasteiger partial charge in [-0.25, -0.2) is 18.2 Å². The number of rotatable bonds is 2.